The number of nitrogens with two attached hydrogens (primary N) is 1. The lowest BCUT2D eigenvalue weighted by Crippen LogP contribution is -2.47. The fourth-order valence-electron chi connectivity index (χ4n) is 4.32. The van der Waals surface area contributed by atoms with Gasteiger partial charge in [0.15, 0.2) is 11.5 Å². The molecule has 0 saturated carbocycles. The first kappa shape index (κ1) is 23.2. The van der Waals surface area contributed by atoms with Crippen LogP contribution in [-0.2, 0) is 28.7 Å². The molecule has 8 nitrogen and oxygen atoms in total. The highest BCUT2D eigenvalue weighted by atomic mass is 19.4. The molecule has 0 aromatic carbocycles. The van der Waals surface area contributed by atoms with Crippen molar-refractivity contribution in [1.82, 2.24) is 19.8 Å². The summed E-state index contributed by atoms with van der Waals surface area (Å²) in [6.07, 6.45) is -0.663. The first-order valence-electron chi connectivity index (χ1n) is 10.9. The molecule has 1 saturated heterocycles. The summed E-state index contributed by atoms with van der Waals surface area (Å²) in [5, 5.41) is 0. The zero-order valence-electron chi connectivity index (χ0n) is 18.3. The zero-order valence-corrected chi connectivity index (χ0v) is 18.3. The number of furan rings is 1. The van der Waals surface area contributed by atoms with E-state index in [1.807, 2.05) is 6.92 Å². The molecule has 1 unspecified atom stereocenters. The van der Waals surface area contributed by atoms with Crippen molar-refractivity contribution < 1.29 is 27.2 Å². The highest BCUT2D eigenvalue weighted by Crippen LogP contribution is 2.35. The quantitative estimate of drug-likeness (QED) is 0.728. The predicted molar refractivity (Wildman–Crippen MR) is 111 cm³/mol. The largest absolute Gasteiger partial charge is 0.472 e. The van der Waals surface area contributed by atoms with Gasteiger partial charge in [-0.3, -0.25) is 9.59 Å². The lowest BCUT2D eigenvalue weighted by Gasteiger charge is -2.33. The Hall–Kier alpha value is -2.95. The van der Waals surface area contributed by atoms with Crippen LogP contribution in [0.2, 0.25) is 0 Å². The Balaban J connectivity index is 1.47. The van der Waals surface area contributed by atoms with E-state index in [0.29, 0.717) is 24.4 Å². The molecule has 2 amide bonds. The van der Waals surface area contributed by atoms with Crippen molar-refractivity contribution >= 4 is 11.8 Å². The van der Waals surface area contributed by atoms with Gasteiger partial charge in [-0.25, -0.2) is 9.97 Å². The van der Waals surface area contributed by atoms with E-state index in [9.17, 15) is 22.8 Å². The Bertz CT molecular complexity index is 1030. The molecule has 11 heteroatoms. The van der Waals surface area contributed by atoms with Gasteiger partial charge in [-0.15, -0.1) is 0 Å². The highest BCUT2D eigenvalue weighted by molar-refractivity contribution is 5.78. The number of fused-ring (bicyclic) bond motifs is 1. The van der Waals surface area contributed by atoms with Gasteiger partial charge in [0.2, 0.25) is 11.8 Å². The van der Waals surface area contributed by atoms with Crippen molar-refractivity contribution in [2.24, 2.45) is 11.7 Å². The molecule has 0 bridgehead atoms. The Morgan fingerprint density at radius 2 is 2.12 bits per heavy atom. The molecule has 1 fully saturated rings. The number of hydrogen-bond acceptors (Lipinski definition) is 6. The van der Waals surface area contributed by atoms with Gasteiger partial charge in [0.25, 0.3) is 0 Å². The SMILES string of the molecule is CC1CCN(C[C@H](N)CC(=O)N2CCc3c(nc(-c4ccoc4)nc3C(F)(F)F)C2)C(=O)C1. The maximum atomic E-state index is 13.7. The van der Waals surface area contributed by atoms with Crippen molar-refractivity contribution in [1.29, 1.82) is 0 Å². The van der Waals surface area contributed by atoms with Crippen molar-refractivity contribution in [3.05, 3.63) is 35.5 Å². The second kappa shape index (κ2) is 9.12. The lowest BCUT2D eigenvalue weighted by atomic mass is 9.98. The summed E-state index contributed by atoms with van der Waals surface area (Å²) in [6.45, 7) is 2.99. The Morgan fingerprint density at radius 3 is 2.79 bits per heavy atom. The van der Waals surface area contributed by atoms with Crippen LogP contribution in [0.4, 0.5) is 13.2 Å². The molecular weight excluding hydrogens is 439 g/mol. The normalized spacial score (nSPS) is 20.0. The number of hydrogen-bond donors (Lipinski definition) is 1. The third-order valence-electron chi connectivity index (χ3n) is 6.13. The number of alkyl halides is 3. The summed E-state index contributed by atoms with van der Waals surface area (Å²) >= 11 is 0. The second-order valence-corrected chi connectivity index (χ2v) is 8.80. The summed E-state index contributed by atoms with van der Waals surface area (Å²) in [6, 6.07) is 0.934. The molecule has 2 aromatic rings. The van der Waals surface area contributed by atoms with Gasteiger partial charge < -0.3 is 20.0 Å². The van der Waals surface area contributed by atoms with Crippen LogP contribution < -0.4 is 5.73 Å². The van der Waals surface area contributed by atoms with E-state index >= 15 is 0 Å². The minimum atomic E-state index is -4.64. The molecule has 0 spiro atoms. The minimum Gasteiger partial charge on any atom is -0.472 e. The first-order valence-corrected chi connectivity index (χ1v) is 10.9. The minimum absolute atomic E-state index is 0.000462. The number of amides is 2. The number of nitrogens with zero attached hydrogens (tertiary/aromatic N) is 4. The topological polar surface area (TPSA) is 106 Å². The molecule has 2 N–H and O–H groups in total. The molecule has 2 aromatic heterocycles. The molecule has 33 heavy (non-hydrogen) atoms. The average molecular weight is 465 g/mol. The van der Waals surface area contributed by atoms with Crippen LogP contribution in [0.25, 0.3) is 11.4 Å². The highest BCUT2D eigenvalue weighted by Gasteiger charge is 2.39. The number of carbonyl (C=O) groups is 2. The number of rotatable bonds is 5. The molecule has 0 radical (unpaired) electrons. The third kappa shape index (κ3) is 5.18. The van der Waals surface area contributed by atoms with E-state index < -0.39 is 17.9 Å². The van der Waals surface area contributed by atoms with E-state index in [1.54, 1.807) is 4.90 Å². The monoisotopic (exact) mass is 465 g/mol. The van der Waals surface area contributed by atoms with Crippen molar-refractivity contribution in [2.45, 2.75) is 51.4 Å². The molecule has 2 aliphatic rings. The van der Waals surface area contributed by atoms with Crippen LogP contribution in [0.3, 0.4) is 0 Å². The van der Waals surface area contributed by atoms with Crippen molar-refractivity contribution in [3.8, 4) is 11.4 Å². The van der Waals surface area contributed by atoms with Gasteiger partial charge in [0.05, 0.1) is 24.1 Å². The van der Waals surface area contributed by atoms with Gasteiger partial charge in [-0.2, -0.15) is 13.2 Å². The first-order chi connectivity index (χ1) is 15.6. The maximum absolute atomic E-state index is 13.7. The molecule has 4 rings (SSSR count). The van der Waals surface area contributed by atoms with Crippen LogP contribution in [0.1, 0.15) is 43.1 Å². The van der Waals surface area contributed by atoms with Crippen molar-refractivity contribution in [2.75, 3.05) is 19.6 Å². The Kier molecular flexibility index (Phi) is 6.42. The number of aromatic nitrogens is 2. The van der Waals surface area contributed by atoms with Crippen LogP contribution in [0, 0.1) is 5.92 Å². The van der Waals surface area contributed by atoms with Gasteiger partial charge >= 0.3 is 6.18 Å². The lowest BCUT2D eigenvalue weighted by molar-refractivity contribution is -0.142. The van der Waals surface area contributed by atoms with Crippen LogP contribution in [0.5, 0.6) is 0 Å². The van der Waals surface area contributed by atoms with E-state index in [0.717, 1.165) is 6.42 Å². The van der Waals surface area contributed by atoms with Crippen LogP contribution in [-0.4, -0.2) is 57.3 Å². The fraction of sp³-hybridized carbons (Fsp3) is 0.545. The summed E-state index contributed by atoms with van der Waals surface area (Å²) in [5.74, 6) is 0.00363. The molecular formula is C22H26F3N5O3. The van der Waals surface area contributed by atoms with Crippen LogP contribution in [0.15, 0.2) is 23.0 Å². The second-order valence-electron chi connectivity index (χ2n) is 8.80. The molecule has 0 aliphatic carbocycles. The summed E-state index contributed by atoms with van der Waals surface area (Å²) in [7, 11) is 0. The number of halogens is 3. The number of piperidine rings is 1. The van der Waals surface area contributed by atoms with Gasteiger partial charge in [-0.1, -0.05) is 6.92 Å². The molecule has 2 atom stereocenters. The molecule has 2 aliphatic heterocycles. The van der Waals surface area contributed by atoms with Crippen LogP contribution >= 0.6 is 0 Å². The summed E-state index contributed by atoms with van der Waals surface area (Å²) in [4.78, 5) is 36.2. The Morgan fingerprint density at radius 1 is 1.33 bits per heavy atom. The molecule has 178 valence electrons. The average Bonchev–Trinajstić information content (AvgIpc) is 3.28. The Labute approximate surface area is 188 Å². The fourth-order valence-corrected chi connectivity index (χ4v) is 4.32. The van der Waals surface area contributed by atoms with Gasteiger partial charge in [0, 0.05) is 44.1 Å². The smallest absolute Gasteiger partial charge is 0.433 e. The number of carbonyl (C=O) groups excluding carboxylic acids is 2. The van der Waals surface area contributed by atoms with Crippen molar-refractivity contribution in [3.63, 3.8) is 0 Å². The van der Waals surface area contributed by atoms with E-state index in [2.05, 4.69) is 9.97 Å². The zero-order chi connectivity index (χ0) is 23.8. The maximum Gasteiger partial charge on any atom is 0.433 e. The van der Waals surface area contributed by atoms with E-state index in [1.165, 1.54) is 23.5 Å². The standard InChI is InChI=1S/C22H26F3N5O3/c1-13-2-5-29(18(31)8-13)10-15(26)9-19(32)30-6-3-16-17(11-30)27-21(14-4-7-33-12-14)28-20(16)22(23,24)25/h4,7,12-13,15H,2-3,5-6,8-11,26H2,1H3/t13?,15-/m1/s1. The van der Waals surface area contributed by atoms with E-state index in [4.69, 9.17) is 10.2 Å². The number of likely N-dealkylation sites (tertiary alicyclic amines) is 1. The molecule has 4 heterocycles. The van der Waals surface area contributed by atoms with Gasteiger partial charge in [0.1, 0.15) is 6.26 Å². The summed E-state index contributed by atoms with van der Waals surface area (Å²) < 4.78 is 45.9. The van der Waals surface area contributed by atoms with E-state index in [-0.39, 0.29) is 61.4 Å². The van der Waals surface area contributed by atoms with Gasteiger partial charge in [-0.05, 0) is 24.8 Å². The summed E-state index contributed by atoms with van der Waals surface area (Å²) in [5.41, 5.74) is 5.67. The predicted octanol–water partition coefficient (Wildman–Crippen LogP) is 2.62. The third-order valence-corrected chi connectivity index (χ3v) is 6.13.